The van der Waals surface area contributed by atoms with E-state index in [1.54, 1.807) is 0 Å². The number of benzene rings is 2. The highest BCUT2D eigenvalue weighted by molar-refractivity contribution is 5.80. The van der Waals surface area contributed by atoms with Gasteiger partial charge in [0.25, 0.3) is 0 Å². The molecule has 1 aliphatic heterocycles. The second kappa shape index (κ2) is 6.00. The maximum Gasteiger partial charge on any atom is 0.331 e. The van der Waals surface area contributed by atoms with Crippen molar-refractivity contribution in [2.24, 2.45) is 0 Å². The molecule has 0 saturated carbocycles. The molecule has 1 heterocycles. The van der Waals surface area contributed by atoms with Crippen LogP contribution in [0, 0.1) is 0 Å². The lowest BCUT2D eigenvalue weighted by Gasteiger charge is -2.31. The van der Waals surface area contributed by atoms with Gasteiger partial charge in [-0.05, 0) is 36.5 Å². The number of aryl methyl sites for hydroxylation is 1. The fourth-order valence-corrected chi connectivity index (χ4v) is 3.08. The molecular formula is C18H19NO2. The van der Waals surface area contributed by atoms with E-state index in [1.807, 2.05) is 53.4 Å². The number of hydrogen-bond donors (Lipinski definition) is 1. The molecule has 1 aliphatic rings. The molecule has 0 bridgehead atoms. The Morgan fingerprint density at radius 1 is 1.00 bits per heavy atom. The molecule has 0 aliphatic carbocycles. The van der Waals surface area contributed by atoms with Crippen LogP contribution in [0.15, 0.2) is 54.6 Å². The van der Waals surface area contributed by atoms with Gasteiger partial charge in [-0.25, -0.2) is 4.79 Å². The smallest absolute Gasteiger partial charge is 0.331 e. The van der Waals surface area contributed by atoms with Gasteiger partial charge in [-0.2, -0.15) is 0 Å². The van der Waals surface area contributed by atoms with E-state index in [4.69, 9.17) is 0 Å². The molecule has 1 N–H and O–H groups in total. The largest absolute Gasteiger partial charge is 0.479 e. The molecule has 0 spiro atoms. The lowest BCUT2D eigenvalue weighted by molar-refractivity contribution is -0.138. The van der Waals surface area contributed by atoms with Crippen molar-refractivity contribution < 1.29 is 9.90 Å². The van der Waals surface area contributed by atoms with Crippen molar-refractivity contribution in [2.45, 2.75) is 25.3 Å². The third-order valence-corrected chi connectivity index (χ3v) is 4.06. The Morgan fingerprint density at radius 2 is 1.71 bits per heavy atom. The van der Waals surface area contributed by atoms with E-state index in [0.29, 0.717) is 0 Å². The zero-order chi connectivity index (χ0) is 14.7. The molecule has 2 aromatic rings. The van der Waals surface area contributed by atoms with Gasteiger partial charge in [0, 0.05) is 12.2 Å². The van der Waals surface area contributed by atoms with Crippen LogP contribution < -0.4 is 4.90 Å². The van der Waals surface area contributed by atoms with Crippen LogP contribution in [0.4, 0.5) is 5.69 Å². The summed E-state index contributed by atoms with van der Waals surface area (Å²) in [6, 6.07) is 17.0. The van der Waals surface area contributed by atoms with Crippen molar-refractivity contribution >= 4 is 11.7 Å². The van der Waals surface area contributed by atoms with Crippen LogP contribution in [-0.2, 0) is 11.2 Å². The molecule has 0 fully saturated rings. The predicted molar refractivity (Wildman–Crippen MR) is 83.5 cm³/mol. The van der Waals surface area contributed by atoms with Gasteiger partial charge in [-0.1, -0.05) is 48.5 Å². The Labute approximate surface area is 124 Å². The normalized spacial score (nSPS) is 15.9. The summed E-state index contributed by atoms with van der Waals surface area (Å²) in [7, 11) is 0. The van der Waals surface area contributed by atoms with Gasteiger partial charge in [-0.15, -0.1) is 0 Å². The van der Waals surface area contributed by atoms with Crippen LogP contribution in [0.3, 0.4) is 0 Å². The van der Waals surface area contributed by atoms with Gasteiger partial charge in [0.05, 0.1) is 0 Å². The Morgan fingerprint density at radius 3 is 2.48 bits per heavy atom. The van der Waals surface area contributed by atoms with Gasteiger partial charge in [0.15, 0.2) is 6.04 Å². The number of anilines is 1. The molecule has 0 radical (unpaired) electrons. The van der Waals surface area contributed by atoms with Crippen LogP contribution in [0.5, 0.6) is 0 Å². The van der Waals surface area contributed by atoms with Gasteiger partial charge < -0.3 is 10.0 Å². The fraction of sp³-hybridized carbons (Fsp3) is 0.278. The van der Waals surface area contributed by atoms with E-state index in [2.05, 4.69) is 6.07 Å². The molecule has 2 aromatic carbocycles. The quantitative estimate of drug-likeness (QED) is 0.933. The molecule has 0 amide bonds. The highest BCUT2D eigenvalue weighted by atomic mass is 16.4. The molecule has 3 heteroatoms. The summed E-state index contributed by atoms with van der Waals surface area (Å²) < 4.78 is 0. The highest BCUT2D eigenvalue weighted by Gasteiger charge is 2.29. The number of rotatable bonds is 3. The average Bonchev–Trinajstić information content (AvgIpc) is 2.71. The van der Waals surface area contributed by atoms with Gasteiger partial charge in [0.2, 0.25) is 0 Å². The summed E-state index contributed by atoms with van der Waals surface area (Å²) in [6.07, 6.45) is 3.15. The van der Waals surface area contributed by atoms with Crippen LogP contribution in [0.2, 0.25) is 0 Å². The number of carbonyl (C=O) groups is 1. The first-order valence-corrected chi connectivity index (χ1v) is 7.39. The topological polar surface area (TPSA) is 40.5 Å². The van der Waals surface area contributed by atoms with Crippen molar-refractivity contribution in [1.29, 1.82) is 0 Å². The van der Waals surface area contributed by atoms with Crippen LogP contribution in [0.1, 0.15) is 30.0 Å². The van der Waals surface area contributed by atoms with E-state index >= 15 is 0 Å². The number of fused-ring (bicyclic) bond motifs is 1. The van der Waals surface area contributed by atoms with Crippen molar-refractivity contribution in [3.63, 3.8) is 0 Å². The lowest BCUT2D eigenvalue weighted by atomic mass is 10.0. The highest BCUT2D eigenvalue weighted by Crippen LogP contribution is 2.33. The summed E-state index contributed by atoms with van der Waals surface area (Å²) >= 11 is 0. The van der Waals surface area contributed by atoms with Crippen molar-refractivity contribution in [3.05, 3.63) is 65.7 Å². The SMILES string of the molecule is O=C(O)C(c1ccccc1)N1CCCCc2ccccc21. The molecular weight excluding hydrogens is 262 g/mol. The third kappa shape index (κ3) is 2.77. The maximum atomic E-state index is 11.9. The Balaban J connectivity index is 2.06. The Hall–Kier alpha value is -2.29. The predicted octanol–water partition coefficient (Wildman–Crippen LogP) is 3.66. The van der Waals surface area contributed by atoms with Gasteiger partial charge >= 0.3 is 5.97 Å². The number of nitrogens with zero attached hydrogens (tertiary/aromatic N) is 1. The second-order valence-electron chi connectivity index (χ2n) is 5.43. The van der Waals surface area contributed by atoms with Gasteiger partial charge in [0.1, 0.15) is 0 Å². The summed E-state index contributed by atoms with van der Waals surface area (Å²) in [6.45, 7) is 0.781. The van der Waals surface area contributed by atoms with E-state index < -0.39 is 12.0 Å². The van der Waals surface area contributed by atoms with Crippen molar-refractivity contribution in [1.82, 2.24) is 0 Å². The van der Waals surface area contributed by atoms with Crippen molar-refractivity contribution in [2.75, 3.05) is 11.4 Å². The maximum absolute atomic E-state index is 11.9. The van der Waals surface area contributed by atoms with Crippen LogP contribution in [0.25, 0.3) is 0 Å². The molecule has 1 unspecified atom stereocenters. The summed E-state index contributed by atoms with van der Waals surface area (Å²) in [5.74, 6) is -0.794. The number of carboxylic acids is 1. The Bertz CT molecular complexity index is 624. The number of carboxylic acid groups (broad SMARTS) is 1. The first-order valence-electron chi connectivity index (χ1n) is 7.39. The van der Waals surface area contributed by atoms with E-state index in [0.717, 1.165) is 37.1 Å². The molecule has 0 saturated heterocycles. The van der Waals surface area contributed by atoms with E-state index in [1.165, 1.54) is 5.56 Å². The number of hydrogen-bond acceptors (Lipinski definition) is 2. The fourth-order valence-electron chi connectivity index (χ4n) is 3.08. The first-order chi connectivity index (χ1) is 10.3. The molecule has 3 nitrogen and oxygen atoms in total. The minimum absolute atomic E-state index is 0.620. The first kappa shape index (κ1) is 13.7. The molecule has 108 valence electrons. The monoisotopic (exact) mass is 281 g/mol. The van der Waals surface area contributed by atoms with E-state index in [9.17, 15) is 9.90 Å². The average molecular weight is 281 g/mol. The molecule has 1 atom stereocenters. The minimum atomic E-state index is -0.794. The standard InChI is InChI=1S/C18H19NO2/c20-18(21)17(15-10-2-1-3-11-15)19-13-7-6-9-14-8-4-5-12-16(14)19/h1-5,8,10-12,17H,6-7,9,13H2,(H,20,21). The zero-order valence-electron chi connectivity index (χ0n) is 11.9. The number of aliphatic carboxylic acids is 1. The third-order valence-electron chi connectivity index (χ3n) is 4.06. The van der Waals surface area contributed by atoms with Crippen LogP contribution >= 0.6 is 0 Å². The zero-order valence-corrected chi connectivity index (χ0v) is 11.9. The molecule has 0 aromatic heterocycles. The summed E-state index contributed by atoms with van der Waals surface area (Å²) in [5.41, 5.74) is 3.14. The minimum Gasteiger partial charge on any atom is -0.479 e. The second-order valence-corrected chi connectivity index (χ2v) is 5.43. The summed E-state index contributed by atoms with van der Waals surface area (Å²) in [5, 5.41) is 9.75. The number of para-hydroxylation sites is 1. The molecule has 3 rings (SSSR count). The van der Waals surface area contributed by atoms with E-state index in [-0.39, 0.29) is 0 Å². The molecule has 21 heavy (non-hydrogen) atoms. The van der Waals surface area contributed by atoms with Crippen molar-refractivity contribution in [3.8, 4) is 0 Å². The lowest BCUT2D eigenvalue weighted by Crippen LogP contribution is -2.34. The Kier molecular flexibility index (Phi) is 3.91. The van der Waals surface area contributed by atoms with Crippen LogP contribution in [-0.4, -0.2) is 17.6 Å². The summed E-state index contributed by atoms with van der Waals surface area (Å²) in [4.78, 5) is 13.9. The van der Waals surface area contributed by atoms with Gasteiger partial charge in [-0.3, -0.25) is 0 Å².